The molecular formula is C21H34O. The Morgan fingerprint density at radius 3 is 2.64 bits per heavy atom. The van der Waals surface area contributed by atoms with Gasteiger partial charge in [0.2, 0.25) is 0 Å². The van der Waals surface area contributed by atoms with Crippen molar-refractivity contribution < 1.29 is 4.79 Å². The molecule has 0 aromatic heterocycles. The topological polar surface area (TPSA) is 17.1 Å². The number of ketones is 1. The molecule has 3 rings (SSSR count). The molecule has 0 aromatic rings. The van der Waals surface area contributed by atoms with Crippen LogP contribution in [0.15, 0.2) is 11.6 Å². The molecule has 2 fully saturated rings. The molecule has 0 aromatic carbocycles. The number of fused-ring (bicyclic) bond motifs is 1. The molecule has 2 saturated carbocycles. The van der Waals surface area contributed by atoms with E-state index in [0.29, 0.717) is 22.5 Å². The second-order valence-corrected chi connectivity index (χ2v) is 9.47. The van der Waals surface area contributed by atoms with Crippen LogP contribution < -0.4 is 0 Å². The van der Waals surface area contributed by atoms with Crippen LogP contribution in [0.5, 0.6) is 0 Å². The second-order valence-electron chi connectivity index (χ2n) is 9.47. The first-order chi connectivity index (χ1) is 10.2. The summed E-state index contributed by atoms with van der Waals surface area (Å²) in [5.74, 6) is 3.22. The van der Waals surface area contributed by atoms with Crippen LogP contribution in [0.2, 0.25) is 0 Å². The summed E-state index contributed by atoms with van der Waals surface area (Å²) >= 11 is 0. The summed E-state index contributed by atoms with van der Waals surface area (Å²) < 4.78 is 0. The first-order valence-corrected chi connectivity index (χ1v) is 9.45. The maximum Gasteiger partial charge on any atom is 0.136 e. The highest BCUT2D eigenvalue weighted by molar-refractivity contribution is 5.83. The number of allylic oxidation sites excluding steroid dienone is 2. The van der Waals surface area contributed by atoms with E-state index in [4.69, 9.17) is 0 Å². The summed E-state index contributed by atoms with van der Waals surface area (Å²) in [6.07, 6.45) is 10.9. The van der Waals surface area contributed by atoms with Crippen LogP contribution in [0.4, 0.5) is 0 Å². The number of Topliss-reactive ketones (excluding diaryl/α,β-unsaturated/α-hetero) is 1. The van der Waals surface area contributed by atoms with Gasteiger partial charge in [0.05, 0.1) is 0 Å². The molecule has 5 unspecified atom stereocenters. The maximum absolute atomic E-state index is 12.3. The zero-order valence-electron chi connectivity index (χ0n) is 15.2. The van der Waals surface area contributed by atoms with E-state index in [1.54, 1.807) is 5.57 Å². The normalized spacial score (nSPS) is 42.1. The lowest BCUT2D eigenvalue weighted by Crippen LogP contribution is -2.39. The average Bonchev–Trinajstić information content (AvgIpc) is 2.87. The fraction of sp³-hybridized carbons (Fsp3) is 0.857. The zero-order chi connectivity index (χ0) is 16.1. The van der Waals surface area contributed by atoms with Crippen molar-refractivity contribution in [3.8, 4) is 0 Å². The third-order valence-electron chi connectivity index (χ3n) is 7.62. The van der Waals surface area contributed by atoms with E-state index in [2.05, 4.69) is 40.7 Å². The zero-order valence-corrected chi connectivity index (χ0v) is 15.2. The SMILES string of the molecule is CC1=CC(CC(C)C2CCC3C(=O)CCCC32C)CC1(C)C. The van der Waals surface area contributed by atoms with Crippen LogP contribution in [-0.2, 0) is 4.79 Å². The van der Waals surface area contributed by atoms with Gasteiger partial charge in [-0.25, -0.2) is 0 Å². The molecule has 124 valence electrons. The highest BCUT2D eigenvalue weighted by Gasteiger charge is 2.52. The van der Waals surface area contributed by atoms with Crippen LogP contribution in [-0.4, -0.2) is 5.78 Å². The van der Waals surface area contributed by atoms with Gasteiger partial charge in [-0.2, -0.15) is 0 Å². The maximum atomic E-state index is 12.3. The first kappa shape index (κ1) is 16.3. The van der Waals surface area contributed by atoms with E-state index in [-0.39, 0.29) is 0 Å². The van der Waals surface area contributed by atoms with Crippen LogP contribution in [0.1, 0.15) is 79.6 Å². The molecule has 0 bridgehead atoms. The van der Waals surface area contributed by atoms with Gasteiger partial charge in [0.25, 0.3) is 0 Å². The summed E-state index contributed by atoms with van der Waals surface area (Å²) in [6.45, 7) is 12.0. The van der Waals surface area contributed by atoms with E-state index in [1.807, 2.05) is 0 Å². The predicted molar refractivity (Wildman–Crippen MR) is 92.6 cm³/mol. The number of hydrogen-bond donors (Lipinski definition) is 0. The van der Waals surface area contributed by atoms with E-state index in [1.165, 1.54) is 25.7 Å². The Hall–Kier alpha value is -0.590. The van der Waals surface area contributed by atoms with Gasteiger partial charge in [-0.3, -0.25) is 4.79 Å². The molecule has 0 saturated heterocycles. The van der Waals surface area contributed by atoms with E-state index >= 15 is 0 Å². The van der Waals surface area contributed by atoms with Gasteiger partial charge in [-0.05, 0) is 74.0 Å². The Balaban J connectivity index is 1.69. The van der Waals surface area contributed by atoms with Crippen molar-refractivity contribution in [3.05, 3.63) is 11.6 Å². The van der Waals surface area contributed by atoms with Crippen molar-refractivity contribution in [2.45, 2.75) is 79.6 Å². The number of hydrogen-bond acceptors (Lipinski definition) is 1. The Labute approximate surface area is 136 Å². The van der Waals surface area contributed by atoms with Crippen molar-refractivity contribution in [3.63, 3.8) is 0 Å². The van der Waals surface area contributed by atoms with Crippen LogP contribution in [0.25, 0.3) is 0 Å². The number of carbonyl (C=O) groups is 1. The Morgan fingerprint density at radius 2 is 2.00 bits per heavy atom. The molecule has 0 N–H and O–H groups in total. The van der Waals surface area contributed by atoms with Gasteiger partial charge in [0.15, 0.2) is 0 Å². The molecule has 0 radical (unpaired) electrons. The van der Waals surface area contributed by atoms with Crippen molar-refractivity contribution in [1.82, 2.24) is 0 Å². The Bertz CT molecular complexity index is 486. The third-order valence-corrected chi connectivity index (χ3v) is 7.62. The number of rotatable bonds is 3. The largest absolute Gasteiger partial charge is 0.299 e. The predicted octanol–water partition coefficient (Wildman–Crippen LogP) is 5.79. The molecule has 0 heterocycles. The Morgan fingerprint density at radius 1 is 1.27 bits per heavy atom. The lowest BCUT2D eigenvalue weighted by Gasteiger charge is -2.42. The molecule has 0 spiro atoms. The quantitative estimate of drug-likeness (QED) is 0.603. The summed E-state index contributed by atoms with van der Waals surface area (Å²) in [5, 5.41) is 0. The van der Waals surface area contributed by atoms with Gasteiger partial charge in [-0.15, -0.1) is 0 Å². The minimum atomic E-state index is 0.307. The summed E-state index contributed by atoms with van der Waals surface area (Å²) in [4.78, 5) is 12.3. The van der Waals surface area contributed by atoms with Crippen LogP contribution >= 0.6 is 0 Å². The van der Waals surface area contributed by atoms with Crippen molar-refractivity contribution in [2.24, 2.45) is 34.5 Å². The van der Waals surface area contributed by atoms with Crippen molar-refractivity contribution >= 4 is 5.78 Å². The molecule has 0 amide bonds. The molecule has 3 aliphatic carbocycles. The van der Waals surface area contributed by atoms with Crippen molar-refractivity contribution in [1.29, 1.82) is 0 Å². The van der Waals surface area contributed by atoms with Gasteiger partial charge < -0.3 is 0 Å². The average molecular weight is 303 g/mol. The van der Waals surface area contributed by atoms with E-state index in [9.17, 15) is 4.79 Å². The molecule has 1 heteroatoms. The standard InChI is InChI=1S/C21H34O/c1-14(11-16-12-15(2)20(3,4)13-16)17-8-9-18-19(22)7-6-10-21(17,18)5/h12,14,16-18H,6-11,13H2,1-5H3. The fourth-order valence-electron chi connectivity index (χ4n) is 6.15. The van der Waals surface area contributed by atoms with Gasteiger partial charge in [-0.1, -0.05) is 39.3 Å². The molecule has 5 atom stereocenters. The third kappa shape index (κ3) is 2.59. The van der Waals surface area contributed by atoms with Crippen molar-refractivity contribution in [2.75, 3.05) is 0 Å². The molecular weight excluding hydrogens is 268 g/mol. The lowest BCUT2D eigenvalue weighted by molar-refractivity contribution is -0.130. The van der Waals surface area contributed by atoms with Gasteiger partial charge in [0, 0.05) is 12.3 Å². The van der Waals surface area contributed by atoms with Crippen LogP contribution in [0, 0.1) is 34.5 Å². The lowest BCUT2D eigenvalue weighted by atomic mass is 9.61. The van der Waals surface area contributed by atoms with Gasteiger partial charge in [0.1, 0.15) is 5.78 Å². The van der Waals surface area contributed by atoms with Gasteiger partial charge >= 0.3 is 0 Å². The molecule has 0 aliphatic heterocycles. The van der Waals surface area contributed by atoms with E-state index < -0.39 is 0 Å². The van der Waals surface area contributed by atoms with E-state index in [0.717, 1.165) is 37.0 Å². The Kier molecular flexibility index (Phi) is 4.06. The highest BCUT2D eigenvalue weighted by Crippen LogP contribution is 2.57. The number of carbonyl (C=O) groups excluding carboxylic acids is 1. The highest BCUT2D eigenvalue weighted by atomic mass is 16.1. The summed E-state index contributed by atoms with van der Waals surface area (Å²) in [7, 11) is 0. The molecule has 3 aliphatic rings. The minimum absolute atomic E-state index is 0.307. The van der Waals surface area contributed by atoms with Crippen LogP contribution in [0.3, 0.4) is 0 Å². The minimum Gasteiger partial charge on any atom is -0.299 e. The second kappa shape index (κ2) is 5.49. The smallest absolute Gasteiger partial charge is 0.136 e. The summed E-state index contributed by atoms with van der Waals surface area (Å²) in [5.41, 5.74) is 2.28. The molecule has 22 heavy (non-hydrogen) atoms. The fourth-order valence-corrected chi connectivity index (χ4v) is 6.15. The first-order valence-electron chi connectivity index (χ1n) is 9.45. The monoisotopic (exact) mass is 302 g/mol. The molecule has 1 nitrogen and oxygen atoms in total. The summed E-state index contributed by atoms with van der Waals surface area (Å²) in [6, 6.07) is 0.